The lowest BCUT2D eigenvalue weighted by atomic mass is 9.94. The van der Waals surface area contributed by atoms with Crippen LogP contribution in [0.5, 0.6) is 0 Å². The van der Waals surface area contributed by atoms with Gasteiger partial charge in [0.1, 0.15) is 36.9 Å². The minimum absolute atomic E-state index is 0.000258. The van der Waals surface area contributed by atoms with Crippen LogP contribution in [0.4, 0.5) is 0 Å². The molecule has 0 saturated carbocycles. The van der Waals surface area contributed by atoms with Crippen molar-refractivity contribution in [1.82, 2.24) is 21.3 Å². The fourth-order valence-corrected chi connectivity index (χ4v) is 9.25. The van der Waals surface area contributed by atoms with E-state index in [2.05, 4.69) is 21.3 Å². The summed E-state index contributed by atoms with van der Waals surface area (Å²) in [5.74, 6) is -11.8. The molecule has 0 aliphatic heterocycles. The van der Waals surface area contributed by atoms with Gasteiger partial charge in [0.25, 0.3) is 5.91 Å². The number of amides is 5. The summed E-state index contributed by atoms with van der Waals surface area (Å²) in [4.78, 5) is 156. The highest BCUT2D eigenvalue weighted by molar-refractivity contribution is 6.32. The fraction of sp³-hybridized carbons (Fsp3) is 0.698. The maximum atomic E-state index is 12.6. The van der Waals surface area contributed by atoms with E-state index in [0.717, 1.165) is 69.8 Å². The summed E-state index contributed by atoms with van der Waals surface area (Å²) < 4.78 is 21.4. The highest BCUT2D eigenvalue weighted by Crippen LogP contribution is 2.18. The quantitative estimate of drug-likeness (QED) is 0.0286. The molecule has 0 aliphatic rings. The van der Waals surface area contributed by atoms with Crippen LogP contribution in [0.1, 0.15) is 202 Å². The van der Waals surface area contributed by atoms with E-state index in [0.29, 0.717) is 50.6 Å². The van der Waals surface area contributed by atoms with Crippen molar-refractivity contribution in [2.45, 2.75) is 205 Å². The van der Waals surface area contributed by atoms with Crippen LogP contribution >= 0.6 is 0 Å². The summed E-state index contributed by atoms with van der Waals surface area (Å²) in [5, 5.41) is 47.8. The van der Waals surface area contributed by atoms with Gasteiger partial charge in [0.05, 0.1) is 44.9 Å². The van der Waals surface area contributed by atoms with Crippen LogP contribution < -0.4 is 27.0 Å². The summed E-state index contributed by atoms with van der Waals surface area (Å²) in [7, 11) is 0. The lowest BCUT2D eigenvalue weighted by Gasteiger charge is -2.16. The van der Waals surface area contributed by atoms with E-state index in [4.69, 9.17) is 29.8 Å². The van der Waals surface area contributed by atoms with Crippen LogP contribution in [-0.4, -0.2) is 175 Å². The number of hydrogen-bond acceptors (Lipinski definition) is 17. The molecule has 1 rings (SSSR count). The number of Topliss-reactive ketones (excluding diaryl/α,β-unsaturated/α-hetero) is 4. The molecule has 0 bridgehead atoms. The van der Waals surface area contributed by atoms with E-state index in [-0.39, 0.29) is 128 Å². The number of benzene rings is 1. The number of carboxylic acid groups (broad SMARTS) is 4. The highest BCUT2D eigenvalue weighted by Gasteiger charge is 2.26. The second-order valence-electron chi connectivity index (χ2n) is 22.3. The predicted molar refractivity (Wildman–Crippen MR) is 324 cm³/mol. The van der Waals surface area contributed by atoms with Crippen LogP contribution in [-0.2, 0) is 76.5 Å². The molecule has 26 nitrogen and oxygen atoms in total. The molecule has 0 spiro atoms. The van der Waals surface area contributed by atoms with Gasteiger partial charge in [-0.3, -0.25) is 52.7 Å². The van der Waals surface area contributed by atoms with E-state index in [1.54, 1.807) is 12.1 Å². The number of primary amides is 1. The molecular weight excluding hydrogens is 1160 g/mol. The van der Waals surface area contributed by atoms with Gasteiger partial charge in [-0.05, 0) is 76.8 Å². The number of carbonyl (C=O) groups is 13. The van der Waals surface area contributed by atoms with Gasteiger partial charge in [0.2, 0.25) is 29.4 Å². The number of ether oxygens (including phenoxy) is 4. The smallest absolute Gasteiger partial charge is 0.372 e. The van der Waals surface area contributed by atoms with Crippen LogP contribution in [0, 0.1) is 18.8 Å². The number of ketones is 4. The summed E-state index contributed by atoms with van der Waals surface area (Å²) in [6.45, 7) is 1.97. The first-order chi connectivity index (χ1) is 42.6. The maximum absolute atomic E-state index is 12.6. The second-order valence-corrected chi connectivity index (χ2v) is 22.3. The van der Waals surface area contributed by atoms with Crippen LogP contribution in [0.25, 0.3) is 0 Å². The van der Waals surface area contributed by atoms with Gasteiger partial charge in [-0.2, -0.15) is 0 Å². The Morgan fingerprint density at radius 2 is 0.910 bits per heavy atom. The molecule has 0 aliphatic carbocycles. The molecular formula is C63H99N5O21. The number of aliphatic carboxylic acids is 4. The van der Waals surface area contributed by atoms with Crippen molar-refractivity contribution >= 4 is 76.5 Å². The number of aryl methyl sites for hydroxylation is 1. The molecule has 1 aromatic carbocycles. The van der Waals surface area contributed by atoms with Crippen LogP contribution in [0.3, 0.4) is 0 Å². The van der Waals surface area contributed by atoms with E-state index in [9.17, 15) is 77.6 Å². The molecule has 5 amide bonds. The molecule has 1 aromatic rings. The zero-order chi connectivity index (χ0) is 66.0. The second kappa shape index (κ2) is 50.8. The summed E-state index contributed by atoms with van der Waals surface area (Å²) in [6, 6.07) is 4.80. The number of nitrogens with one attached hydrogen (secondary N) is 4. The normalized spacial score (nSPS) is 12.4. The Kier molecular flexibility index (Phi) is 45.6. The number of unbranched alkanes of at least 4 members (excludes halogenated alkanes) is 14. The average molecular weight is 1260 g/mol. The Bertz CT molecular complexity index is 2330. The van der Waals surface area contributed by atoms with E-state index < -0.39 is 102 Å². The van der Waals surface area contributed by atoms with Crippen molar-refractivity contribution in [3.63, 3.8) is 0 Å². The van der Waals surface area contributed by atoms with Gasteiger partial charge >= 0.3 is 23.9 Å². The van der Waals surface area contributed by atoms with Crippen molar-refractivity contribution in [1.29, 1.82) is 0 Å². The first-order valence-electron chi connectivity index (χ1n) is 31.4. The molecule has 10 N–H and O–H groups in total. The largest absolute Gasteiger partial charge is 0.481 e. The minimum Gasteiger partial charge on any atom is -0.481 e. The minimum atomic E-state index is -1.43. The molecule has 26 heteroatoms. The Morgan fingerprint density at radius 1 is 0.416 bits per heavy atom. The SMILES string of the molecule is Cc1ccc(C(=O)NCCCC[C@H](NC(=O)COCCOCCCC(=O)CC[C@H](NC(=O)CC[C@H](CC(=O)COCCOCCNC(=O)CC[C@H](CC(=O)CCCCCCCCCCCCCCCCC(=O)C(=O)O)C(=O)O)C(=O)O)C(=O)O)C(N)=O)cc1. The molecule has 0 saturated heterocycles. The molecule has 0 aromatic heterocycles. The lowest BCUT2D eigenvalue weighted by molar-refractivity contribution is -0.149. The van der Waals surface area contributed by atoms with Gasteiger partial charge in [-0.25, -0.2) is 9.59 Å². The number of carboxylic acids is 4. The first-order valence-corrected chi connectivity index (χ1v) is 31.4. The number of hydrogen-bond donors (Lipinski definition) is 9. The van der Waals surface area contributed by atoms with Crippen LogP contribution in [0.15, 0.2) is 24.3 Å². The zero-order valence-electron chi connectivity index (χ0n) is 52.0. The third kappa shape index (κ3) is 44.1. The molecule has 0 heterocycles. The fourth-order valence-electron chi connectivity index (χ4n) is 9.25. The standard InChI is InChI=1S/C63H99N5O21/c1-45-23-25-46(26-24-45)59(77)66-33-17-16-21-52(58(64)76)67-57(75)44-89-40-37-86-35-18-20-49(69)29-30-53(62(82)83)68-56(74)32-28-48(61(80)81)42-51(71)43-88-39-38-87-36-34-65-55(73)31-27-47(60(78)79)41-50(70)19-14-12-10-8-6-4-2-3-5-7-9-11-13-15-22-54(72)63(84)85/h23-26,47-48,52-53H,2-22,27-44H2,1H3,(H2,64,76)(H,65,73)(H,66,77)(H,67,75)(H,68,74)(H,78,79)(H,80,81)(H,82,83)(H,84,85)/t47-,48-,52+,53+/m1/s1. The molecule has 502 valence electrons. The molecule has 0 unspecified atom stereocenters. The summed E-state index contributed by atoms with van der Waals surface area (Å²) in [5.41, 5.74) is 7.02. The Hall–Kier alpha value is -7.03. The lowest BCUT2D eigenvalue weighted by Crippen LogP contribution is -2.45. The Labute approximate surface area is 522 Å². The van der Waals surface area contributed by atoms with Crippen molar-refractivity contribution in [3.8, 4) is 0 Å². The Balaban J connectivity index is 2.14. The van der Waals surface area contributed by atoms with E-state index >= 15 is 0 Å². The van der Waals surface area contributed by atoms with Crippen molar-refractivity contribution in [2.75, 3.05) is 65.9 Å². The average Bonchev–Trinajstić information content (AvgIpc) is 3.54. The van der Waals surface area contributed by atoms with Gasteiger partial charge < -0.3 is 66.4 Å². The number of nitrogens with two attached hydrogens (primary N) is 1. The van der Waals surface area contributed by atoms with E-state index in [1.165, 1.54) is 12.8 Å². The van der Waals surface area contributed by atoms with Crippen molar-refractivity contribution < 1.29 is 102 Å². The Morgan fingerprint density at radius 3 is 1.46 bits per heavy atom. The summed E-state index contributed by atoms with van der Waals surface area (Å²) in [6.07, 6.45) is 14.5. The number of carbonyl (C=O) groups excluding carboxylic acids is 9. The van der Waals surface area contributed by atoms with Crippen molar-refractivity contribution in [2.24, 2.45) is 17.6 Å². The molecule has 4 atom stereocenters. The van der Waals surface area contributed by atoms with Crippen molar-refractivity contribution in [3.05, 3.63) is 35.4 Å². The zero-order valence-corrected chi connectivity index (χ0v) is 52.0. The predicted octanol–water partition coefficient (Wildman–Crippen LogP) is 5.52. The summed E-state index contributed by atoms with van der Waals surface area (Å²) >= 11 is 0. The third-order valence-electron chi connectivity index (χ3n) is 14.5. The monoisotopic (exact) mass is 1260 g/mol. The van der Waals surface area contributed by atoms with Gasteiger partial charge in [-0.1, -0.05) is 94.7 Å². The molecule has 89 heavy (non-hydrogen) atoms. The molecule has 0 fully saturated rings. The van der Waals surface area contributed by atoms with Gasteiger partial charge in [-0.15, -0.1) is 0 Å². The van der Waals surface area contributed by atoms with E-state index in [1.807, 2.05) is 19.1 Å². The first kappa shape index (κ1) is 80.0. The third-order valence-corrected chi connectivity index (χ3v) is 14.5. The highest BCUT2D eigenvalue weighted by atomic mass is 16.5. The maximum Gasteiger partial charge on any atom is 0.372 e. The number of rotatable bonds is 60. The van der Waals surface area contributed by atoms with Gasteiger partial charge in [0, 0.05) is 76.6 Å². The topological polar surface area (TPSA) is 414 Å². The van der Waals surface area contributed by atoms with Gasteiger partial charge in [0.15, 0.2) is 5.78 Å². The molecule has 0 radical (unpaired) electrons. The van der Waals surface area contributed by atoms with Crippen LogP contribution in [0.2, 0.25) is 0 Å².